The summed E-state index contributed by atoms with van der Waals surface area (Å²) in [6, 6.07) is 10.5. The third-order valence-corrected chi connectivity index (χ3v) is 9.72. The highest BCUT2D eigenvalue weighted by atomic mass is 32.2. The number of rotatable bonds is 6. The first-order chi connectivity index (χ1) is 19.8. The molecule has 4 aromatic rings. The molecule has 2 aliphatic heterocycles. The minimum Gasteiger partial charge on any atom is -0.367 e. The zero-order chi connectivity index (χ0) is 28.6. The molecule has 0 radical (unpaired) electrons. The summed E-state index contributed by atoms with van der Waals surface area (Å²) in [7, 11) is -3.06. The Bertz CT molecular complexity index is 1660. The third kappa shape index (κ3) is 5.74. The highest BCUT2D eigenvalue weighted by Gasteiger charge is 2.28. The van der Waals surface area contributed by atoms with Gasteiger partial charge in [0.15, 0.2) is 0 Å². The first-order valence-electron chi connectivity index (χ1n) is 13.7. The fraction of sp³-hybridized carbons (Fsp3) is 0.379. The van der Waals surface area contributed by atoms with Crippen molar-refractivity contribution in [3.05, 3.63) is 67.0 Å². The zero-order valence-corrected chi connectivity index (χ0v) is 23.7. The zero-order valence-electron chi connectivity index (χ0n) is 22.9. The lowest BCUT2D eigenvalue weighted by Gasteiger charge is -2.37. The van der Waals surface area contributed by atoms with Crippen LogP contribution in [0, 0.1) is 5.82 Å². The monoisotopic (exact) mass is 577 g/mol. The van der Waals surface area contributed by atoms with E-state index in [1.54, 1.807) is 24.7 Å². The molecule has 0 spiro atoms. The number of halogens is 1. The van der Waals surface area contributed by atoms with Crippen LogP contribution in [0.2, 0.25) is 0 Å². The fourth-order valence-electron chi connectivity index (χ4n) is 5.71. The second kappa shape index (κ2) is 11.1. The Kier molecular flexibility index (Phi) is 7.33. The van der Waals surface area contributed by atoms with Gasteiger partial charge in [0, 0.05) is 92.5 Å². The number of amides is 1. The van der Waals surface area contributed by atoms with Crippen molar-refractivity contribution in [2.75, 3.05) is 55.3 Å². The highest BCUT2D eigenvalue weighted by Crippen LogP contribution is 2.32. The molecule has 0 saturated carbocycles. The number of hydrogen-bond donors (Lipinski definition) is 0. The van der Waals surface area contributed by atoms with Crippen LogP contribution in [0.3, 0.4) is 0 Å². The summed E-state index contributed by atoms with van der Waals surface area (Å²) in [5, 5.41) is 0.678. The summed E-state index contributed by atoms with van der Waals surface area (Å²) in [6.45, 7) is 3.72. The van der Waals surface area contributed by atoms with E-state index >= 15 is 0 Å². The van der Waals surface area contributed by atoms with E-state index in [2.05, 4.69) is 19.9 Å². The minimum atomic E-state index is -3.06. The van der Waals surface area contributed by atoms with Crippen molar-refractivity contribution in [1.82, 2.24) is 24.4 Å². The van der Waals surface area contributed by atoms with Crippen LogP contribution in [0.5, 0.6) is 0 Å². The number of piperidine rings is 1. The van der Waals surface area contributed by atoms with E-state index in [0.717, 1.165) is 16.7 Å². The molecule has 2 fully saturated rings. The molecule has 0 aliphatic carbocycles. The SMILES string of the molecule is CS(=O)(=O)C1CCN(c2ncc(-c3cc(F)ccc3N3CCN(C(=O)Cn4ccc5cccnc54)CC3)cn2)CC1. The van der Waals surface area contributed by atoms with Crippen molar-refractivity contribution in [3.63, 3.8) is 0 Å². The molecule has 10 nitrogen and oxygen atoms in total. The van der Waals surface area contributed by atoms with Gasteiger partial charge in [0.2, 0.25) is 11.9 Å². The second-order valence-corrected chi connectivity index (χ2v) is 13.0. The molecule has 0 unspecified atom stereocenters. The van der Waals surface area contributed by atoms with Gasteiger partial charge in [-0.05, 0) is 49.2 Å². The van der Waals surface area contributed by atoms with Crippen LogP contribution < -0.4 is 9.80 Å². The number of nitrogens with zero attached hydrogens (tertiary/aromatic N) is 7. The van der Waals surface area contributed by atoms with Gasteiger partial charge in [-0.15, -0.1) is 0 Å². The van der Waals surface area contributed by atoms with Gasteiger partial charge in [-0.2, -0.15) is 0 Å². The van der Waals surface area contributed by atoms with Gasteiger partial charge in [0.05, 0.1) is 5.25 Å². The summed E-state index contributed by atoms with van der Waals surface area (Å²) in [6.07, 6.45) is 9.38. The second-order valence-electron chi connectivity index (χ2n) is 10.7. The molecule has 12 heteroatoms. The molecule has 6 rings (SSSR count). The van der Waals surface area contributed by atoms with Crippen LogP contribution in [-0.2, 0) is 21.2 Å². The summed E-state index contributed by atoms with van der Waals surface area (Å²) in [5.74, 6) is 0.227. The summed E-state index contributed by atoms with van der Waals surface area (Å²) in [4.78, 5) is 32.6. The Balaban J connectivity index is 1.12. The van der Waals surface area contributed by atoms with E-state index in [-0.39, 0.29) is 23.5 Å². The Morgan fingerprint density at radius 2 is 1.68 bits per heavy atom. The van der Waals surface area contributed by atoms with Gasteiger partial charge in [-0.25, -0.2) is 27.8 Å². The number of aromatic nitrogens is 4. The first-order valence-corrected chi connectivity index (χ1v) is 15.7. The van der Waals surface area contributed by atoms with Crippen molar-refractivity contribution in [1.29, 1.82) is 0 Å². The van der Waals surface area contributed by atoms with E-state index in [9.17, 15) is 17.6 Å². The van der Waals surface area contributed by atoms with E-state index in [1.807, 2.05) is 38.8 Å². The number of benzene rings is 1. The van der Waals surface area contributed by atoms with Gasteiger partial charge < -0.3 is 19.3 Å². The van der Waals surface area contributed by atoms with Gasteiger partial charge in [0.1, 0.15) is 27.8 Å². The lowest BCUT2D eigenvalue weighted by Crippen LogP contribution is -2.49. The maximum Gasteiger partial charge on any atom is 0.242 e. The van der Waals surface area contributed by atoms with Gasteiger partial charge in [-0.1, -0.05) is 0 Å². The average molecular weight is 578 g/mol. The van der Waals surface area contributed by atoms with Gasteiger partial charge in [0.25, 0.3) is 0 Å². The van der Waals surface area contributed by atoms with Crippen LogP contribution in [0.25, 0.3) is 22.2 Å². The van der Waals surface area contributed by atoms with Crippen molar-refractivity contribution in [2.45, 2.75) is 24.6 Å². The van der Waals surface area contributed by atoms with Crippen molar-refractivity contribution < 1.29 is 17.6 Å². The standard InChI is InChI=1S/C29H32FN7O3S/c1-41(39,40)24-7-11-36(12-8-24)29-32-18-22(19-33-29)25-17-23(30)4-5-26(25)34-13-15-35(16-14-34)27(38)20-37-10-6-21-3-2-9-31-28(21)37/h2-6,9-10,17-19,24H,7-8,11-16,20H2,1H3. The predicted molar refractivity (Wildman–Crippen MR) is 156 cm³/mol. The lowest BCUT2D eigenvalue weighted by atomic mass is 10.0. The number of carbonyl (C=O) groups excluding carboxylic acids is 1. The molecule has 0 bridgehead atoms. The molecule has 214 valence electrons. The van der Waals surface area contributed by atoms with Crippen molar-refractivity contribution in [2.24, 2.45) is 0 Å². The number of fused-ring (bicyclic) bond motifs is 1. The quantitative estimate of drug-likeness (QED) is 0.345. The molecule has 1 aromatic carbocycles. The number of piperazine rings is 1. The van der Waals surface area contributed by atoms with E-state index in [1.165, 1.54) is 18.4 Å². The molecule has 2 aliphatic rings. The molecular weight excluding hydrogens is 545 g/mol. The average Bonchev–Trinajstić information content (AvgIpc) is 3.39. The van der Waals surface area contributed by atoms with Crippen LogP contribution >= 0.6 is 0 Å². The molecule has 2 saturated heterocycles. The summed E-state index contributed by atoms with van der Waals surface area (Å²) < 4.78 is 40.0. The number of hydrogen-bond acceptors (Lipinski definition) is 8. The van der Waals surface area contributed by atoms with Crippen LogP contribution in [0.15, 0.2) is 61.2 Å². The Hall–Kier alpha value is -4.06. The molecule has 5 heterocycles. The summed E-state index contributed by atoms with van der Waals surface area (Å²) in [5.41, 5.74) is 3.04. The fourth-order valence-corrected chi connectivity index (χ4v) is 6.78. The number of carbonyl (C=O) groups is 1. The molecule has 0 atom stereocenters. The van der Waals surface area contributed by atoms with E-state index < -0.39 is 9.84 Å². The normalized spacial score (nSPS) is 16.9. The van der Waals surface area contributed by atoms with Gasteiger partial charge in [-0.3, -0.25) is 4.79 Å². The molecule has 0 N–H and O–H groups in total. The van der Waals surface area contributed by atoms with Crippen LogP contribution in [0.4, 0.5) is 16.0 Å². The van der Waals surface area contributed by atoms with Crippen LogP contribution in [0.1, 0.15) is 12.8 Å². The summed E-state index contributed by atoms with van der Waals surface area (Å²) >= 11 is 0. The molecule has 3 aromatic heterocycles. The molecule has 41 heavy (non-hydrogen) atoms. The minimum absolute atomic E-state index is 0.0386. The lowest BCUT2D eigenvalue weighted by molar-refractivity contribution is -0.132. The number of sulfone groups is 1. The molecule has 1 amide bonds. The molecular formula is C29H32FN7O3S. The van der Waals surface area contributed by atoms with Gasteiger partial charge >= 0.3 is 0 Å². The Morgan fingerprint density at radius 3 is 2.39 bits per heavy atom. The topological polar surface area (TPSA) is 105 Å². The van der Waals surface area contributed by atoms with Crippen molar-refractivity contribution in [3.8, 4) is 11.1 Å². The Labute approximate surface area is 238 Å². The number of anilines is 2. The predicted octanol–water partition coefficient (Wildman–Crippen LogP) is 2.99. The smallest absolute Gasteiger partial charge is 0.242 e. The largest absolute Gasteiger partial charge is 0.367 e. The van der Waals surface area contributed by atoms with E-state index in [4.69, 9.17) is 0 Å². The number of pyridine rings is 1. The first kappa shape index (κ1) is 27.1. The maximum absolute atomic E-state index is 14.4. The Morgan fingerprint density at radius 1 is 0.951 bits per heavy atom. The third-order valence-electron chi connectivity index (χ3n) is 8.04. The maximum atomic E-state index is 14.4. The van der Waals surface area contributed by atoms with Crippen molar-refractivity contribution >= 4 is 38.4 Å². The van der Waals surface area contributed by atoms with Crippen LogP contribution in [-0.4, -0.2) is 89.5 Å². The van der Waals surface area contributed by atoms with E-state index in [0.29, 0.717) is 69.2 Å². The highest BCUT2D eigenvalue weighted by molar-refractivity contribution is 7.91.